The summed E-state index contributed by atoms with van der Waals surface area (Å²) in [6.45, 7) is 3.20. The van der Waals surface area contributed by atoms with E-state index in [0.717, 1.165) is 61.2 Å². The maximum atomic E-state index is 13.9. The van der Waals surface area contributed by atoms with E-state index in [1.165, 1.54) is 11.6 Å². The van der Waals surface area contributed by atoms with Crippen LogP contribution in [0.25, 0.3) is 0 Å². The summed E-state index contributed by atoms with van der Waals surface area (Å²) in [6.07, 6.45) is 3.20. The number of hydrogen-bond acceptors (Lipinski definition) is 4. The summed E-state index contributed by atoms with van der Waals surface area (Å²) < 4.78 is 27.3. The fourth-order valence-corrected chi connectivity index (χ4v) is 5.42. The lowest BCUT2D eigenvalue weighted by Crippen LogP contribution is -2.34. The Labute approximate surface area is 250 Å². The van der Waals surface area contributed by atoms with Crippen LogP contribution in [0.5, 0.6) is 0 Å². The molecule has 0 unspecified atom stereocenters. The Morgan fingerprint density at radius 3 is 2.14 bits per heavy atom. The minimum Gasteiger partial charge on any atom is -0.348 e. The number of carbonyl (C=O) groups excluding carboxylic acids is 2. The molecule has 8 heteroatoms. The van der Waals surface area contributed by atoms with Crippen LogP contribution in [-0.2, 0) is 26.1 Å². The highest BCUT2D eigenvalue weighted by Gasteiger charge is 2.22. The average molecular weight is 583 g/mol. The van der Waals surface area contributed by atoms with Crippen LogP contribution in [0.4, 0.5) is 14.5 Å². The van der Waals surface area contributed by atoms with Crippen LogP contribution < -0.4 is 16.4 Å². The number of amides is 2. The Balaban J connectivity index is 1.29. The van der Waals surface area contributed by atoms with Gasteiger partial charge in [-0.15, -0.1) is 0 Å². The highest BCUT2D eigenvalue weighted by Crippen LogP contribution is 2.26. The van der Waals surface area contributed by atoms with Gasteiger partial charge in [-0.05, 0) is 90.9 Å². The van der Waals surface area contributed by atoms with E-state index in [1.807, 2.05) is 36.4 Å². The largest absolute Gasteiger partial charge is 0.348 e. The second-order valence-electron chi connectivity index (χ2n) is 11.1. The average Bonchev–Trinajstić information content (AvgIpc) is 3.03. The Morgan fingerprint density at radius 2 is 1.44 bits per heavy atom. The number of likely N-dealkylation sites (tertiary alicyclic amines) is 1. The minimum absolute atomic E-state index is 0.0117. The van der Waals surface area contributed by atoms with E-state index >= 15 is 0 Å². The molecule has 0 aliphatic carbocycles. The Hall–Kier alpha value is -4.40. The summed E-state index contributed by atoms with van der Waals surface area (Å²) in [6, 6.07) is 26.5. The van der Waals surface area contributed by atoms with Crippen molar-refractivity contribution in [3.05, 3.63) is 136 Å². The standard InChI is InChI=1S/C35H36F2N4O2/c36-31-13-12-28(19-32(31)37)35(43)40-33-20-29(34(42)39-22-27-8-6-26(21-38)7-9-27)10-11-30(33)23-41-16-14-25(15-17-41)18-24-4-2-1-3-5-24/h1-13,19-20,25H,14-18,21-23,38H2,(H,39,42)(H,40,43). The highest BCUT2D eigenvalue weighted by atomic mass is 19.2. The number of hydrogen-bond donors (Lipinski definition) is 3. The molecular weight excluding hydrogens is 546 g/mol. The third kappa shape index (κ3) is 8.12. The lowest BCUT2D eigenvalue weighted by molar-refractivity contribution is 0.0949. The number of piperidine rings is 1. The van der Waals surface area contributed by atoms with E-state index in [2.05, 4.69) is 39.8 Å². The lowest BCUT2D eigenvalue weighted by Gasteiger charge is -2.32. The predicted molar refractivity (Wildman–Crippen MR) is 164 cm³/mol. The first-order valence-corrected chi connectivity index (χ1v) is 14.6. The molecule has 1 heterocycles. The van der Waals surface area contributed by atoms with Gasteiger partial charge in [-0.2, -0.15) is 0 Å². The minimum atomic E-state index is -1.10. The number of nitrogens with zero attached hydrogens (tertiary/aromatic N) is 1. The molecule has 1 saturated heterocycles. The number of benzene rings is 4. The molecule has 43 heavy (non-hydrogen) atoms. The molecule has 1 aliphatic heterocycles. The molecular formula is C35H36F2N4O2. The zero-order valence-electron chi connectivity index (χ0n) is 24.0. The summed E-state index contributed by atoms with van der Waals surface area (Å²) in [5.74, 6) is -2.38. The number of halogens is 2. The van der Waals surface area contributed by atoms with Gasteiger partial charge in [0.2, 0.25) is 0 Å². The summed E-state index contributed by atoms with van der Waals surface area (Å²) in [7, 11) is 0. The van der Waals surface area contributed by atoms with Crippen molar-refractivity contribution in [2.45, 2.75) is 38.9 Å². The fraction of sp³-hybridized carbons (Fsp3) is 0.257. The number of nitrogens with two attached hydrogens (primary N) is 1. The smallest absolute Gasteiger partial charge is 0.255 e. The Kier molecular flexibility index (Phi) is 9.92. The van der Waals surface area contributed by atoms with Crippen LogP contribution in [0.15, 0.2) is 91.0 Å². The topological polar surface area (TPSA) is 87.5 Å². The monoisotopic (exact) mass is 582 g/mol. The zero-order chi connectivity index (χ0) is 30.2. The van der Waals surface area contributed by atoms with E-state index in [9.17, 15) is 18.4 Å². The first kappa shape index (κ1) is 30.1. The maximum Gasteiger partial charge on any atom is 0.255 e. The number of rotatable bonds is 10. The van der Waals surface area contributed by atoms with Crippen molar-refractivity contribution in [1.29, 1.82) is 0 Å². The summed E-state index contributed by atoms with van der Waals surface area (Å²) in [5, 5.41) is 5.76. The van der Waals surface area contributed by atoms with Crippen molar-refractivity contribution in [2.24, 2.45) is 11.7 Å². The Bertz CT molecular complexity index is 1550. The van der Waals surface area contributed by atoms with Crippen molar-refractivity contribution in [2.75, 3.05) is 18.4 Å². The molecule has 0 atom stereocenters. The molecule has 1 aliphatic rings. The van der Waals surface area contributed by atoms with Gasteiger partial charge in [0, 0.05) is 36.4 Å². The summed E-state index contributed by atoms with van der Waals surface area (Å²) in [4.78, 5) is 28.5. The number of anilines is 1. The van der Waals surface area contributed by atoms with E-state index in [4.69, 9.17) is 5.73 Å². The van der Waals surface area contributed by atoms with Crippen LogP contribution in [0.3, 0.4) is 0 Å². The second kappa shape index (κ2) is 14.2. The van der Waals surface area contributed by atoms with Crippen molar-refractivity contribution < 1.29 is 18.4 Å². The van der Waals surface area contributed by atoms with Gasteiger partial charge < -0.3 is 16.4 Å². The third-order valence-corrected chi connectivity index (χ3v) is 7.98. The highest BCUT2D eigenvalue weighted by molar-refractivity contribution is 6.05. The normalized spacial score (nSPS) is 13.9. The van der Waals surface area contributed by atoms with Gasteiger partial charge in [-0.1, -0.05) is 60.7 Å². The van der Waals surface area contributed by atoms with Gasteiger partial charge in [-0.3, -0.25) is 14.5 Å². The van der Waals surface area contributed by atoms with Crippen LogP contribution in [0.2, 0.25) is 0 Å². The molecule has 6 nitrogen and oxygen atoms in total. The maximum absolute atomic E-state index is 13.9. The van der Waals surface area contributed by atoms with Crippen molar-refractivity contribution >= 4 is 17.5 Å². The first-order chi connectivity index (χ1) is 20.9. The van der Waals surface area contributed by atoms with Gasteiger partial charge in [0.1, 0.15) is 0 Å². The molecule has 0 aromatic heterocycles. The Morgan fingerprint density at radius 1 is 0.767 bits per heavy atom. The van der Waals surface area contributed by atoms with Crippen molar-refractivity contribution in [1.82, 2.24) is 10.2 Å². The summed E-state index contributed by atoms with van der Waals surface area (Å²) in [5.41, 5.74) is 10.6. The van der Waals surface area contributed by atoms with Crippen LogP contribution in [-0.4, -0.2) is 29.8 Å². The fourth-order valence-electron chi connectivity index (χ4n) is 5.42. The van der Waals surface area contributed by atoms with Crippen molar-refractivity contribution in [3.8, 4) is 0 Å². The first-order valence-electron chi connectivity index (χ1n) is 14.6. The second-order valence-corrected chi connectivity index (χ2v) is 11.1. The number of carbonyl (C=O) groups is 2. The molecule has 5 rings (SSSR count). The molecule has 0 saturated carbocycles. The molecule has 0 bridgehead atoms. The molecule has 0 radical (unpaired) electrons. The van der Waals surface area contributed by atoms with Crippen LogP contribution in [0.1, 0.15) is 55.8 Å². The van der Waals surface area contributed by atoms with E-state index in [1.54, 1.807) is 12.1 Å². The van der Waals surface area contributed by atoms with E-state index in [0.29, 0.717) is 36.8 Å². The van der Waals surface area contributed by atoms with Crippen molar-refractivity contribution in [3.63, 3.8) is 0 Å². The molecule has 0 spiro atoms. The zero-order valence-corrected chi connectivity index (χ0v) is 24.0. The quantitative estimate of drug-likeness (QED) is 0.212. The third-order valence-electron chi connectivity index (χ3n) is 7.98. The lowest BCUT2D eigenvalue weighted by atomic mass is 9.90. The molecule has 2 amide bonds. The van der Waals surface area contributed by atoms with Gasteiger partial charge in [-0.25, -0.2) is 8.78 Å². The van der Waals surface area contributed by atoms with E-state index < -0.39 is 17.5 Å². The van der Waals surface area contributed by atoms with Crippen LogP contribution >= 0.6 is 0 Å². The van der Waals surface area contributed by atoms with Gasteiger partial charge >= 0.3 is 0 Å². The molecule has 4 aromatic rings. The van der Waals surface area contributed by atoms with Crippen LogP contribution in [0, 0.1) is 17.6 Å². The molecule has 1 fully saturated rings. The van der Waals surface area contributed by atoms with Gasteiger partial charge in [0.25, 0.3) is 11.8 Å². The number of nitrogens with one attached hydrogen (secondary N) is 2. The molecule has 4 aromatic carbocycles. The molecule has 4 N–H and O–H groups in total. The van der Waals surface area contributed by atoms with Gasteiger partial charge in [0.05, 0.1) is 0 Å². The SMILES string of the molecule is NCc1ccc(CNC(=O)c2ccc(CN3CCC(Cc4ccccc4)CC3)c(NC(=O)c3ccc(F)c(F)c3)c2)cc1. The molecule has 222 valence electrons. The predicted octanol–water partition coefficient (Wildman–Crippen LogP) is 6.06. The van der Waals surface area contributed by atoms with Gasteiger partial charge in [0.15, 0.2) is 11.6 Å². The summed E-state index contributed by atoms with van der Waals surface area (Å²) >= 11 is 0. The van der Waals surface area contributed by atoms with E-state index in [-0.39, 0.29) is 11.5 Å².